The first-order valence-electron chi connectivity index (χ1n) is 8.80. The van der Waals surface area contributed by atoms with Gasteiger partial charge in [-0.15, -0.1) is 0 Å². The van der Waals surface area contributed by atoms with E-state index >= 15 is 0 Å². The fourth-order valence-corrected chi connectivity index (χ4v) is 3.11. The van der Waals surface area contributed by atoms with Crippen molar-refractivity contribution in [2.24, 2.45) is 0 Å². The molecule has 1 aromatic heterocycles. The highest BCUT2D eigenvalue weighted by molar-refractivity contribution is 6.31. The van der Waals surface area contributed by atoms with Crippen LogP contribution >= 0.6 is 11.6 Å². The van der Waals surface area contributed by atoms with Crippen molar-refractivity contribution in [2.75, 3.05) is 5.32 Å². The molecule has 3 aromatic carbocycles. The second-order valence-corrected chi connectivity index (χ2v) is 6.71. The lowest BCUT2D eigenvalue weighted by Gasteiger charge is -2.11. The van der Waals surface area contributed by atoms with Gasteiger partial charge in [-0.2, -0.15) is 0 Å². The van der Waals surface area contributed by atoms with E-state index in [1.165, 1.54) is 0 Å². The molecule has 0 saturated carbocycles. The zero-order chi connectivity index (χ0) is 19.5. The lowest BCUT2D eigenvalue weighted by Crippen LogP contribution is -2.14. The number of oxazole rings is 1. The third-order valence-corrected chi connectivity index (χ3v) is 4.89. The number of hydrogen-bond acceptors (Lipinski definition) is 3. The monoisotopic (exact) mass is 388 g/mol. The van der Waals surface area contributed by atoms with Crippen molar-refractivity contribution in [1.82, 2.24) is 4.98 Å². The third-order valence-electron chi connectivity index (χ3n) is 4.48. The number of nitrogens with zero attached hydrogens (tertiary/aromatic N) is 1. The number of amides is 1. The Hall–Kier alpha value is -3.37. The van der Waals surface area contributed by atoms with Crippen LogP contribution in [0.15, 0.2) is 83.4 Å². The highest BCUT2D eigenvalue weighted by Gasteiger charge is 2.18. The second-order valence-electron chi connectivity index (χ2n) is 6.31. The van der Waals surface area contributed by atoms with Gasteiger partial charge in [0.05, 0.1) is 11.8 Å². The molecule has 1 amide bonds. The van der Waals surface area contributed by atoms with Gasteiger partial charge in [0.2, 0.25) is 5.89 Å². The van der Waals surface area contributed by atoms with Gasteiger partial charge in [0.15, 0.2) is 5.76 Å². The number of rotatable bonds is 4. The minimum absolute atomic E-state index is 0.250. The van der Waals surface area contributed by atoms with E-state index < -0.39 is 0 Å². The molecule has 0 aliphatic carbocycles. The van der Waals surface area contributed by atoms with Gasteiger partial charge in [0, 0.05) is 21.8 Å². The molecule has 0 fully saturated rings. The number of benzene rings is 3. The van der Waals surface area contributed by atoms with Crippen LogP contribution in [0.4, 0.5) is 5.69 Å². The summed E-state index contributed by atoms with van der Waals surface area (Å²) in [4.78, 5) is 17.3. The molecule has 28 heavy (non-hydrogen) atoms. The second kappa shape index (κ2) is 7.71. The van der Waals surface area contributed by atoms with E-state index in [-0.39, 0.29) is 5.91 Å². The fraction of sp³-hybridized carbons (Fsp3) is 0.0435. The predicted molar refractivity (Wildman–Crippen MR) is 112 cm³/mol. The summed E-state index contributed by atoms with van der Waals surface area (Å²) in [6, 6.07) is 22.4. The predicted octanol–water partition coefficient (Wildman–Crippen LogP) is 6.22. The van der Waals surface area contributed by atoms with E-state index in [2.05, 4.69) is 10.3 Å². The minimum atomic E-state index is -0.250. The number of aromatic nitrogens is 1. The Bertz CT molecular complexity index is 1140. The van der Waals surface area contributed by atoms with Crippen molar-refractivity contribution >= 4 is 23.2 Å². The van der Waals surface area contributed by atoms with Crippen molar-refractivity contribution in [1.29, 1.82) is 0 Å². The van der Waals surface area contributed by atoms with E-state index in [0.29, 0.717) is 33.5 Å². The summed E-state index contributed by atoms with van der Waals surface area (Å²) in [5, 5.41) is 3.53. The van der Waals surface area contributed by atoms with Crippen molar-refractivity contribution in [2.45, 2.75) is 6.92 Å². The standard InChI is InChI=1S/C23H17ClN2O2/c1-15-19(24)12-7-13-20(15)26-22(27)17-10-5-6-11-18(17)23-25-14-21(28-23)16-8-3-2-4-9-16/h2-14H,1H3,(H,26,27). The zero-order valence-corrected chi connectivity index (χ0v) is 15.9. The summed E-state index contributed by atoms with van der Waals surface area (Å²) in [6.45, 7) is 1.87. The molecular weight excluding hydrogens is 372 g/mol. The summed E-state index contributed by atoms with van der Waals surface area (Å²) in [7, 11) is 0. The molecule has 4 rings (SSSR count). The van der Waals surface area contributed by atoms with Gasteiger partial charge in [0.1, 0.15) is 0 Å². The van der Waals surface area contributed by atoms with E-state index in [1.807, 2.05) is 61.5 Å². The van der Waals surface area contributed by atoms with Gasteiger partial charge in [-0.3, -0.25) is 4.79 Å². The molecule has 138 valence electrons. The van der Waals surface area contributed by atoms with Crippen LogP contribution < -0.4 is 5.32 Å². The van der Waals surface area contributed by atoms with Crippen LogP contribution in [0.3, 0.4) is 0 Å². The molecule has 4 nitrogen and oxygen atoms in total. The normalized spacial score (nSPS) is 10.6. The summed E-state index contributed by atoms with van der Waals surface area (Å²) in [6.07, 6.45) is 1.67. The summed E-state index contributed by atoms with van der Waals surface area (Å²) < 4.78 is 5.93. The smallest absolute Gasteiger partial charge is 0.256 e. The average molecular weight is 389 g/mol. The van der Waals surface area contributed by atoms with E-state index in [4.69, 9.17) is 16.0 Å². The lowest BCUT2D eigenvalue weighted by molar-refractivity contribution is 0.102. The number of hydrogen-bond donors (Lipinski definition) is 1. The minimum Gasteiger partial charge on any atom is -0.436 e. The third kappa shape index (κ3) is 3.55. The van der Waals surface area contributed by atoms with Crippen LogP contribution in [-0.4, -0.2) is 10.9 Å². The quantitative estimate of drug-likeness (QED) is 0.451. The Morgan fingerprint density at radius 3 is 2.54 bits per heavy atom. The molecule has 0 atom stereocenters. The molecule has 0 unspecified atom stereocenters. The molecule has 0 aliphatic heterocycles. The number of carbonyl (C=O) groups excluding carboxylic acids is 1. The summed E-state index contributed by atoms with van der Waals surface area (Å²) >= 11 is 6.16. The first-order valence-corrected chi connectivity index (χ1v) is 9.18. The Morgan fingerprint density at radius 1 is 0.964 bits per heavy atom. The highest BCUT2D eigenvalue weighted by Crippen LogP contribution is 2.29. The van der Waals surface area contributed by atoms with Crippen LogP contribution in [-0.2, 0) is 0 Å². The SMILES string of the molecule is Cc1c(Cl)cccc1NC(=O)c1ccccc1-c1ncc(-c2ccccc2)o1. The maximum Gasteiger partial charge on any atom is 0.256 e. The van der Waals surface area contributed by atoms with Crippen molar-refractivity contribution in [3.8, 4) is 22.8 Å². The van der Waals surface area contributed by atoms with E-state index in [1.54, 1.807) is 24.4 Å². The molecule has 1 heterocycles. The van der Waals surface area contributed by atoms with Crippen LogP contribution in [0.2, 0.25) is 5.02 Å². The number of halogens is 1. The molecule has 0 saturated heterocycles. The molecule has 0 aliphatic rings. The first-order chi connectivity index (χ1) is 13.6. The summed E-state index contributed by atoms with van der Waals surface area (Å²) in [5.74, 6) is 0.796. The van der Waals surface area contributed by atoms with Gasteiger partial charge in [-0.05, 0) is 36.8 Å². The maximum absolute atomic E-state index is 12.9. The van der Waals surface area contributed by atoms with Crippen LogP contribution in [0.25, 0.3) is 22.8 Å². The van der Waals surface area contributed by atoms with Gasteiger partial charge in [-0.1, -0.05) is 60.1 Å². The Balaban J connectivity index is 1.67. The average Bonchev–Trinajstić information content (AvgIpc) is 3.22. The molecule has 0 spiro atoms. The van der Waals surface area contributed by atoms with Crippen molar-refractivity contribution < 1.29 is 9.21 Å². The molecule has 4 aromatic rings. The lowest BCUT2D eigenvalue weighted by atomic mass is 10.1. The van der Waals surface area contributed by atoms with Gasteiger partial charge >= 0.3 is 0 Å². The number of nitrogens with one attached hydrogen (secondary N) is 1. The fourth-order valence-electron chi connectivity index (χ4n) is 2.93. The molecule has 0 radical (unpaired) electrons. The van der Waals surface area contributed by atoms with Crippen LogP contribution in [0.1, 0.15) is 15.9 Å². The Kier molecular flexibility index (Phi) is 4.96. The van der Waals surface area contributed by atoms with Gasteiger partial charge < -0.3 is 9.73 Å². The maximum atomic E-state index is 12.9. The van der Waals surface area contributed by atoms with Crippen molar-refractivity contribution in [3.63, 3.8) is 0 Å². The summed E-state index contributed by atoms with van der Waals surface area (Å²) in [5.41, 5.74) is 3.52. The molecular formula is C23H17ClN2O2. The molecule has 1 N–H and O–H groups in total. The van der Waals surface area contributed by atoms with Gasteiger partial charge in [0.25, 0.3) is 5.91 Å². The molecule has 5 heteroatoms. The Morgan fingerprint density at radius 2 is 1.71 bits per heavy atom. The molecule has 0 bridgehead atoms. The number of anilines is 1. The van der Waals surface area contributed by atoms with E-state index in [0.717, 1.165) is 11.1 Å². The zero-order valence-electron chi connectivity index (χ0n) is 15.1. The van der Waals surface area contributed by atoms with Crippen molar-refractivity contribution in [3.05, 3.63) is 95.1 Å². The Labute approximate surface area is 167 Å². The number of carbonyl (C=O) groups is 1. The highest BCUT2D eigenvalue weighted by atomic mass is 35.5. The van der Waals surface area contributed by atoms with Crippen LogP contribution in [0.5, 0.6) is 0 Å². The van der Waals surface area contributed by atoms with E-state index in [9.17, 15) is 4.79 Å². The first kappa shape index (κ1) is 18.0. The van der Waals surface area contributed by atoms with Crippen LogP contribution in [0, 0.1) is 6.92 Å². The van der Waals surface area contributed by atoms with Gasteiger partial charge in [-0.25, -0.2) is 4.98 Å². The largest absolute Gasteiger partial charge is 0.436 e. The topological polar surface area (TPSA) is 55.1 Å².